The van der Waals surface area contributed by atoms with E-state index in [2.05, 4.69) is 60.4 Å². The van der Waals surface area contributed by atoms with E-state index in [9.17, 15) is 9.59 Å². The molecule has 1 aliphatic rings. The van der Waals surface area contributed by atoms with E-state index < -0.39 is 8.32 Å². The number of rotatable bonds is 17. The fraction of sp³-hybridized carbons (Fsp3) is 0.568. The predicted octanol–water partition coefficient (Wildman–Crippen LogP) is 6.92. The third kappa shape index (κ3) is 10.8. The number of carbonyl (C=O) groups is 1. The minimum atomic E-state index is -2.12. The molecule has 2 heterocycles. The molecular weight excluding hydrogens is 593 g/mol. The molecule has 1 unspecified atom stereocenters. The Hall–Kier alpha value is -2.98. The molecular formula is C37H56N4O4Si. The standard InChI is InChI=1S/C37H56N4O4Si/c1-37(2,3)46(4,5)45-33(27-38-22-11-7-12-23-39-34(42)21-26-41-24-13-8-14-25-41)30-17-19-32(36-31(30)18-20-35(43)40-36)44-28-29-15-9-6-10-16-29/h6,9-10,15-20,33,38H,7-8,11-14,21-28H2,1-5H3,(H,39,42)(H,40,43). The van der Waals surface area contributed by atoms with Crippen LogP contribution >= 0.6 is 0 Å². The predicted molar refractivity (Wildman–Crippen MR) is 191 cm³/mol. The Bertz CT molecular complexity index is 1430. The Balaban J connectivity index is 1.34. The van der Waals surface area contributed by atoms with E-state index in [1.807, 2.05) is 42.5 Å². The van der Waals surface area contributed by atoms with Crippen molar-refractivity contribution in [2.75, 3.05) is 39.3 Å². The van der Waals surface area contributed by atoms with Gasteiger partial charge in [-0.05, 0) is 86.7 Å². The first-order valence-corrected chi connectivity index (χ1v) is 20.1. The molecule has 1 aromatic heterocycles. The molecule has 1 saturated heterocycles. The summed E-state index contributed by atoms with van der Waals surface area (Å²) in [6.07, 6.45) is 7.29. The van der Waals surface area contributed by atoms with Gasteiger partial charge >= 0.3 is 0 Å². The van der Waals surface area contributed by atoms with Gasteiger partial charge in [-0.3, -0.25) is 9.59 Å². The number of fused-ring (bicyclic) bond motifs is 1. The van der Waals surface area contributed by atoms with Crippen molar-refractivity contribution in [2.24, 2.45) is 0 Å². The van der Waals surface area contributed by atoms with Gasteiger partial charge in [0, 0.05) is 37.5 Å². The number of amides is 1. The monoisotopic (exact) mass is 648 g/mol. The van der Waals surface area contributed by atoms with Crippen LogP contribution in [0, 0.1) is 0 Å². The molecule has 0 saturated carbocycles. The van der Waals surface area contributed by atoms with Crippen LogP contribution in [0.2, 0.25) is 18.1 Å². The summed E-state index contributed by atoms with van der Waals surface area (Å²) in [7, 11) is -2.12. The maximum Gasteiger partial charge on any atom is 0.248 e. The zero-order valence-electron chi connectivity index (χ0n) is 28.8. The molecule has 1 amide bonds. The summed E-state index contributed by atoms with van der Waals surface area (Å²) in [4.78, 5) is 30.1. The Kier molecular flexibility index (Phi) is 13.4. The lowest BCUT2D eigenvalue weighted by Gasteiger charge is -2.39. The average Bonchev–Trinajstić information content (AvgIpc) is 3.03. The lowest BCUT2D eigenvalue weighted by Crippen LogP contribution is -2.43. The van der Waals surface area contributed by atoms with Gasteiger partial charge in [0.05, 0.1) is 11.6 Å². The SMILES string of the molecule is CC(C)(C)[Si](C)(C)OC(CNCCCCCNC(=O)CCN1CCCCC1)c1ccc(OCc2ccccc2)c2[nH]c(=O)ccc12. The molecule has 1 aliphatic heterocycles. The van der Waals surface area contributed by atoms with E-state index in [0.717, 1.165) is 68.5 Å². The lowest BCUT2D eigenvalue weighted by molar-refractivity contribution is -0.121. The minimum absolute atomic E-state index is 0.0479. The maximum absolute atomic E-state index is 12.4. The largest absolute Gasteiger partial charge is 0.487 e. The Morgan fingerprint density at radius 2 is 1.70 bits per heavy atom. The van der Waals surface area contributed by atoms with Crippen LogP contribution in [0.1, 0.15) is 82.9 Å². The van der Waals surface area contributed by atoms with Crippen molar-refractivity contribution < 1.29 is 14.0 Å². The Labute approximate surface area is 276 Å². The van der Waals surface area contributed by atoms with Crippen LogP contribution in [0.5, 0.6) is 5.75 Å². The lowest BCUT2D eigenvalue weighted by atomic mass is 10.0. The summed E-state index contributed by atoms with van der Waals surface area (Å²) in [6, 6.07) is 17.6. The van der Waals surface area contributed by atoms with Crippen molar-refractivity contribution in [3.05, 3.63) is 76.1 Å². The van der Waals surface area contributed by atoms with Crippen molar-refractivity contribution in [1.29, 1.82) is 0 Å². The fourth-order valence-electron chi connectivity index (χ4n) is 5.68. The first kappa shape index (κ1) is 35.9. The van der Waals surface area contributed by atoms with Gasteiger partial charge < -0.3 is 29.7 Å². The summed E-state index contributed by atoms with van der Waals surface area (Å²) in [5.41, 5.74) is 2.65. The number of hydrogen-bond donors (Lipinski definition) is 3. The molecule has 9 heteroatoms. The fourth-order valence-corrected chi connectivity index (χ4v) is 6.95. The van der Waals surface area contributed by atoms with Crippen LogP contribution in [0.15, 0.2) is 59.4 Å². The first-order valence-electron chi connectivity index (χ1n) is 17.2. The van der Waals surface area contributed by atoms with Crippen molar-refractivity contribution >= 4 is 25.1 Å². The Morgan fingerprint density at radius 3 is 2.43 bits per heavy atom. The second-order valence-corrected chi connectivity index (χ2v) is 18.9. The number of H-pyrrole nitrogens is 1. The molecule has 2 aromatic carbocycles. The smallest absolute Gasteiger partial charge is 0.248 e. The molecule has 46 heavy (non-hydrogen) atoms. The van der Waals surface area contributed by atoms with Crippen molar-refractivity contribution in [1.82, 2.24) is 20.5 Å². The molecule has 0 spiro atoms. The maximum atomic E-state index is 12.4. The molecule has 1 fully saturated rings. The van der Waals surface area contributed by atoms with Crippen molar-refractivity contribution in [2.45, 2.75) is 96.6 Å². The van der Waals surface area contributed by atoms with Crippen LogP contribution in [-0.4, -0.2) is 63.4 Å². The second-order valence-electron chi connectivity index (χ2n) is 14.2. The van der Waals surface area contributed by atoms with Gasteiger partial charge in [0.15, 0.2) is 8.32 Å². The molecule has 8 nitrogen and oxygen atoms in total. The van der Waals surface area contributed by atoms with Crippen LogP contribution in [0.3, 0.4) is 0 Å². The normalized spacial score (nSPS) is 15.2. The number of pyridine rings is 1. The van der Waals surface area contributed by atoms with E-state index in [0.29, 0.717) is 30.8 Å². The molecule has 0 bridgehead atoms. The number of benzene rings is 2. The molecule has 3 aromatic rings. The number of hydrogen-bond acceptors (Lipinski definition) is 6. The quantitative estimate of drug-likeness (QED) is 0.109. The van der Waals surface area contributed by atoms with Crippen LogP contribution in [-0.2, 0) is 15.8 Å². The summed E-state index contributed by atoms with van der Waals surface area (Å²) in [5.74, 6) is 0.817. The first-order chi connectivity index (χ1) is 22.0. The summed E-state index contributed by atoms with van der Waals surface area (Å²) in [5, 5.41) is 7.74. The highest BCUT2D eigenvalue weighted by Gasteiger charge is 2.39. The van der Waals surface area contributed by atoms with Crippen LogP contribution in [0.4, 0.5) is 0 Å². The number of nitrogens with zero attached hydrogens (tertiary/aromatic N) is 1. The molecule has 1 atom stereocenters. The average molecular weight is 649 g/mol. The van der Waals surface area contributed by atoms with E-state index in [1.165, 1.54) is 19.3 Å². The summed E-state index contributed by atoms with van der Waals surface area (Å²) < 4.78 is 13.2. The zero-order valence-corrected chi connectivity index (χ0v) is 29.8. The molecule has 3 N–H and O–H groups in total. The van der Waals surface area contributed by atoms with E-state index in [-0.39, 0.29) is 22.6 Å². The summed E-state index contributed by atoms with van der Waals surface area (Å²) >= 11 is 0. The highest BCUT2D eigenvalue weighted by atomic mass is 28.4. The number of carbonyl (C=O) groups excluding carboxylic acids is 1. The van der Waals surface area contributed by atoms with E-state index >= 15 is 0 Å². The number of nitrogens with one attached hydrogen (secondary N) is 3. The van der Waals surface area contributed by atoms with Gasteiger partial charge in [-0.2, -0.15) is 0 Å². The third-order valence-corrected chi connectivity index (χ3v) is 14.0. The molecule has 4 rings (SSSR count). The van der Waals surface area contributed by atoms with Gasteiger partial charge in [0.25, 0.3) is 0 Å². The number of likely N-dealkylation sites (tertiary alicyclic amines) is 1. The second kappa shape index (κ2) is 17.2. The third-order valence-electron chi connectivity index (χ3n) is 9.50. The topological polar surface area (TPSA) is 95.7 Å². The van der Waals surface area contributed by atoms with Gasteiger partial charge in [-0.15, -0.1) is 0 Å². The van der Waals surface area contributed by atoms with Gasteiger partial charge in [0.1, 0.15) is 12.4 Å². The van der Waals surface area contributed by atoms with Crippen LogP contribution in [0.25, 0.3) is 10.9 Å². The van der Waals surface area contributed by atoms with Crippen molar-refractivity contribution in [3.63, 3.8) is 0 Å². The molecule has 0 aliphatic carbocycles. The van der Waals surface area contributed by atoms with E-state index in [1.54, 1.807) is 6.07 Å². The number of piperidine rings is 1. The highest BCUT2D eigenvalue weighted by molar-refractivity contribution is 6.74. The van der Waals surface area contributed by atoms with Gasteiger partial charge in [-0.25, -0.2) is 0 Å². The zero-order chi connectivity index (χ0) is 33.0. The van der Waals surface area contributed by atoms with Gasteiger partial charge in [-0.1, -0.05) is 70.0 Å². The number of aromatic nitrogens is 1. The number of aromatic amines is 1. The molecule has 0 radical (unpaired) electrons. The summed E-state index contributed by atoms with van der Waals surface area (Å²) in [6.45, 7) is 17.2. The number of ether oxygens (including phenoxy) is 1. The van der Waals surface area contributed by atoms with Crippen molar-refractivity contribution in [3.8, 4) is 5.75 Å². The molecule has 252 valence electrons. The van der Waals surface area contributed by atoms with Gasteiger partial charge in [0.2, 0.25) is 11.5 Å². The Morgan fingerprint density at radius 1 is 0.957 bits per heavy atom. The number of unbranched alkanes of at least 4 members (excludes halogenated alkanes) is 2. The van der Waals surface area contributed by atoms with E-state index in [4.69, 9.17) is 9.16 Å². The minimum Gasteiger partial charge on any atom is -0.487 e. The van der Waals surface area contributed by atoms with Crippen LogP contribution < -0.4 is 20.9 Å². The highest BCUT2D eigenvalue weighted by Crippen LogP contribution is 2.41.